The number of furan rings is 1. The molecule has 2 aromatic rings. The standard InChI is InChI=1S/C15H17N3O5S/c19-13(20)1-3-16-15(22)18-6-4-17(5-7-18)14(21)12-9-10-11(24-12)2-8-23-10/h2,8-9H,1,3-7H2,(H,16,22)(H,19,20). The van der Waals surface area contributed by atoms with Crippen LogP contribution in [0.2, 0.25) is 0 Å². The predicted molar refractivity (Wildman–Crippen MR) is 87.2 cm³/mol. The third-order valence-electron chi connectivity index (χ3n) is 3.82. The number of nitrogens with one attached hydrogen (secondary N) is 1. The molecule has 2 N–H and O–H groups in total. The van der Waals surface area contributed by atoms with Gasteiger partial charge in [-0.05, 0) is 6.07 Å². The van der Waals surface area contributed by atoms with Crippen LogP contribution in [-0.4, -0.2) is 65.5 Å². The van der Waals surface area contributed by atoms with E-state index in [-0.39, 0.29) is 24.9 Å². The zero-order valence-corrected chi connectivity index (χ0v) is 13.7. The van der Waals surface area contributed by atoms with E-state index in [0.717, 1.165) is 4.70 Å². The molecule has 3 heterocycles. The number of carbonyl (C=O) groups excluding carboxylic acids is 2. The Morgan fingerprint density at radius 3 is 2.58 bits per heavy atom. The molecular weight excluding hydrogens is 334 g/mol. The molecule has 0 aromatic carbocycles. The second kappa shape index (κ2) is 6.91. The van der Waals surface area contributed by atoms with Gasteiger partial charge in [-0.15, -0.1) is 11.3 Å². The molecule has 8 nitrogen and oxygen atoms in total. The van der Waals surface area contributed by atoms with Crippen LogP contribution in [0, 0.1) is 0 Å². The Morgan fingerprint density at radius 1 is 1.21 bits per heavy atom. The van der Waals surface area contributed by atoms with Crippen molar-refractivity contribution in [3.05, 3.63) is 23.3 Å². The largest absolute Gasteiger partial charge is 0.481 e. The van der Waals surface area contributed by atoms with Crippen LogP contribution >= 0.6 is 11.3 Å². The lowest BCUT2D eigenvalue weighted by Gasteiger charge is -2.34. The summed E-state index contributed by atoms with van der Waals surface area (Å²) >= 11 is 1.39. The molecule has 1 aliphatic rings. The molecule has 0 spiro atoms. The maximum Gasteiger partial charge on any atom is 0.317 e. The summed E-state index contributed by atoms with van der Waals surface area (Å²) in [5.41, 5.74) is 0.708. The van der Waals surface area contributed by atoms with Gasteiger partial charge in [-0.1, -0.05) is 0 Å². The number of hydrogen-bond acceptors (Lipinski definition) is 5. The van der Waals surface area contributed by atoms with Gasteiger partial charge in [0.2, 0.25) is 0 Å². The van der Waals surface area contributed by atoms with Crippen LogP contribution in [0.25, 0.3) is 10.3 Å². The van der Waals surface area contributed by atoms with E-state index in [1.54, 1.807) is 22.1 Å². The fourth-order valence-electron chi connectivity index (χ4n) is 2.53. The number of urea groups is 1. The zero-order chi connectivity index (χ0) is 17.1. The normalized spacial score (nSPS) is 14.8. The molecule has 2 aromatic heterocycles. The smallest absolute Gasteiger partial charge is 0.317 e. The average Bonchev–Trinajstić information content (AvgIpc) is 3.15. The molecule has 1 saturated heterocycles. The highest BCUT2D eigenvalue weighted by Gasteiger charge is 2.26. The van der Waals surface area contributed by atoms with Crippen molar-refractivity contribution in [2.45, 2.75) is 6.42 Å². The molecule has 0 saturated carbocycles. The highest BCUT2D eigenvalue weighted by molar-refractivity contribution is 7.20. The Kier molecular flexibility index (Phi) is 4.70. The van der Waals surface area contributed by atoms with E-state index in [2.05, 4.69) is 5.32 Å². The molecule has 1 fully saturated rings. The lowest BCUT2D eigenvalue weighted by Crippen LogP contribution is -2.53. The minimum atomic E-state index is -0.951. The van der Waals surface area contributed by atoms with Gasteiger partial charge in [0.05, 0.1) is 22.3 Å². The molecule has 1 aliphatic heterocycles. The fraction of sp³-hybridized carbons (Fsp3) is 0.400. The molecular formula is C15H17N3O5S. The first-order chi connectivity index (χ1) is 11.5. The van der Waals surface area contributed by atoms with Crippen LogP contribution in [0.3, 0.4) is 0 Å². The molecule has 9 heteroatoms. The molecule has 0 radical (unpaired) electrons. The van der Waals surface area contributed by atoms with E-state index in [1.165, 1.54) is 11.3 Å². The van der Waals surface area contributed by atoms with Crippen molar-refractivity contribution in [3.8, 4) is 0 Å². The van der Waals surface area contributed by atoms with Crippen molar-refractivity contribution in [2.24, 2.45) is 0 Å². The van der Waals surface area contributed by atoms with Crippen LogP contribution < -0.4 is 5.32 Å². The Hall–Kier alpha value is -2.55. The lowest BCUT2D eigenvalue weighted by atomic mass is 10.3. The van der Waals surface area contributed by atoms with E-state index in [4.69, 9.17) is 9.52 Å². The molecule has 128 valence electrons. The van der Waals surface area contributed by atoms with Gasteiger partial charge in [0.25, 0.3) is 5.91 Å². The minimum absolute atomic E-state index is 0.0580. The van der Waals surface area contributed by atoms with E-state index in [0.29, 0.717) is 36.6 Å². The number of nitrogens with zero attached hydrogens (tertiary/aromatic N) is 2. The van der Waals surface area contributed by atoms with Crippen molar-refractivity contribution in [2.75, 3.05) is 32.7 Å². The quantitative estimate of drug-likeness (QED) is 0.867. The highest BCUT2D eigenvalue weighted by atomic mass is 32.1. The van der Waals surface area contributed by atoms with E-state index in [1.807, 2.05) is 6.07 Å². The summed E-state index contributed by atoms with van der Waals surface area (Å²) in [6.45, 7) is 1.84. The van der Waals surface area contributed by atoms with Gasteiger partial charge in [0.15, 0.2) is 0 Å². The van der Waals surface area contributed by atoms with Crippen molar-refractivity contribution in [1.82, 2.24) is 15.1 Å². The average molecular weight is 351 g/mol. The Morgan fingerprint density at radius 2 is 1.92 bits per heavy atom. The van der Waals surface area contributed by atoms with Gasteiger partial charge in [-0.3, -0.25) is 9.59 Å². The van der Waals surface area contributed by atoms with Gasteiger partial charge in [0.1, 0.15) is 5.58 Å². The van der Waals surface area contributed by atoms with Gasteiger partial charge < -0.3 is 24.6 Å². The third kappa shape index (κ3) is 3.51. The summed E-state index contributed by atoms with van der Waals surface area (Å²) in [5, 5.41) is 11.1. The third-order valence-corrected chi connectivity index (χ3v) is 4.89. The molecule has 0 aliphatic carbocycles. The molecule has 0 bridgehead atoms. The van der Waals surface area contributed by atoms with E-state index >= 15 is 0 Å². The lowest BCUT2D eigenvalue weighted by molar-refractivity contribution is -0.136. The highest BCUT2D eigenvalue weighted by Crippen LogP contribution is 2.27. The van der Waals surface area contributed by atoms with Gasteiger partial charge in [0, 0.05) is 38.8 Å². The predicted octanol–water partition coefficient (Wildman–Crippen LogP) is 1.44. The molecule has 24 heavy (non-hydrogen) atoms. The number of carboxylic acids is 1. The van der Waals surface area contributed by atoms with Gasteiger partial charge in [-0.2, -0.15) is 0 Å². The molecule has 3 rings (SSSR count). The number of piperazine rings is 1. The zero-order valence-electron chi connectivity index (χ0n) is 12.9. The van der Waals surface area contributed by atoms with E-state index in [9.17, 15) is 14.4 Å². The Labute approximate surface area is 141 Å². The Bertz CT molecular complexity index is 732. The minimum Gasteiger partial charge on any atom is -0.481 e. The summed E-state index contributed by atoms with van der Waals surface area (Å²) in [7, 11) is 0. The van der Waals surface area contributed by atoms with Crippen LogP contribution in [0.1, 0.15) is 16.1 Å². The maximum atomic E-state index is 12.5. The topological polar surface area (TPSA) is 103 Å². The number of carboxylic acid groups (broad SMARTS) is 1. The monoisotopic (exact) mass is 351 g/mol. The summed E-state index contributed by atoms with van der Waals surface area (Å²) in [6.07, 6.45) is 1.49. The molecule has 0 unspecified atom stereocenters. The summed E-state index contributed by atoms with van der Waals surface area (Å²) < 4.78 is 6.22. The number of fused-ring (bicyclic) bond motifs is 1. The second-order valence-electron chi connectivity index (χ2n) is 5.41. The van der Waals surface area contributed by atoms with Crippen molar-refractivity contribution in [1.29, 1.82) is 0 Å². The number of hydrogen-bond donors (Lipinski definition) is 2. The van der Waals surface area contributed by atoms with Crippen LogP contribution in [0.4, 0.5) is 4.79 Å². The number of rotatable bonds is 4. The summed E-state index contributed by atoms with van der Waals surface area (Å²) in [6, 6.07) is 3.28. The first kappa shape index (κ1) is 16.3. The van der Waals surface area contributed by atoms with Crippen LogP contribution in [0.15, 0.2) is 22.8 Å². The SMILES string of the molecule is O=C(O)CCNC(=O)N1CCN(C(=O)c2cc3occc3s2)CC1. The van der Waals surface area contributed by atoms with E-state index < -0.39 is 5.97 Å². The molecule has 0 atom stereocenters. The van der Waals surface area contributed by atoms with Crippen molar-refractivity contribution < 1.29 is 23.9 Å². The van der Waals surface area contributed by atoms with Crippen molar-refractivity contribution >= 4 is 39.5 Å². The van der Waals surface area contributed by atoms with Gasteiger partial charge in [-0.25, -0.2) is 4.79 Å². The van der Waals surface area contributed by atoms with Crippen LogP contribution in [-0.2, 0) is 4.79 Å². The van der Waals surface area contributed by atoms with Crippen molar-refractivity contribution in [3.63, 3.8) is 0 Å². The number of carbonyl (C=O) groups is 3. The second-order valence-corrected chi connectivity index (χ2v) is 6.50. The first-order valence-electron chi connectivity index (χ1n) is 7.55. The number of thiophene rings is 1. The fourth-order valence-corrected chi connectivity index (χ4v) is 3.48. The summed E-state index contributed by atoms with van der Waals surface area (Å²) in [5.74, 6) is -1.01. The van der Waals surface area contributed by atoms with Crippen LogP contribution in [0.5, 0.6) is 0 Å². The Balaban J connectivity index is 1.51. The van der Waals surface area contributed by atoms with Gasteiger partial charge >= 0.3 is 12.0 Å². The summed E-state index contributed by atoms with van der Waals surface area (Å²) in [4.78, 5) is 38.8. The molecule has 3 amide bonds. The first-order valence-corrected chi connectivity index (χ1v) is 8.37. The number of amides is 3. The maximum absolute atomic E-state index is 12.5. The number of aliphatic carboxylic acids is 1.